The largest absolute Gasteiger partial charge is 0.398 e. The van der Waals surface area contributed by atoms with E-state index in [1.165, 1.54) is 0 Å². The summed E-state index contributed by atoms with van der Waals surface area (Å²) in [5.41, 5.74) is 6.77. The predicted molar refractivity (Wildman–Crippen MR) is 61.0 cm³/mol. The molecule has 0 spiro atoms. The number of nitrogens with two attached hydrogens (primary N) is 1. The average Bonchev–Trinajstić information content (AvgIpc) is 2.69. The summed E-state index contributed by atoms with van der Waals surface area (Å²) < 4.78 is 0. The SMILES string of the molecule is Nc1cc(Cl)ccc1C(=O)N1CCCC1. The normalized spacial score (nSPS) is 15.7. The fourth-order valence-electron chi connectivity index (χ4n) is 1.82. The van der Waals surface area contributed by atoms with E-state index < -0.39 is 0 Å². The Morgan fingerprint density at radius 3 is 2.60 bits per heavy atom. The van der Waals surface area contributed by atoms with E-state index in [4.69, 9.17) is 17.3 Å². The lowest BCUT2D eigenvalue weighted by Crippen LogP contribution is -2.28. The van der Waals surface area contributed by atoms with Gasteiger partial charge in [-0.3, -0.25) is 4.79 Å². The van der Waals surface area contributed by atoms with E-state index >= 15 is 0 Å². The van der Waals surface area contributed by atoms with Gasteiger partial charge in [0.05, 0.1) is 5.56 Å². The summed E-state index contributed by atoms with van der Waals surface area (Å²) in [6.07, 6.45) is 2.17. The molecule has 1 aliphatic heterocycles. The van der Waals surface area contributed by atoms with Crippen molar-refractivity contribution in [1.29, 1.82) is 0 Å². The van der Waals surface area contributed by atoms with E-state index in [1.807, 2.05) is 4.90 Å². The van der Waals surface area contributed by atoms with Gasteiger partial charge in [0.15, 0.2) is 0 Å². The minimum atomic E-state index is 0.0154. The molecule has 1 aromatic carbocycles. The Balaban J connectivity index is 2.24. The summed E-state index contributed by atoms with van der Waals surface area (Å²) in [6.45, 7) is 1.67. The molecule has 0 radical (unpaired) electrons. The van der Waals surface area contributed by atoms with Crippen LogP contribution in [0, 0.1) is 0 Å². The first-order valence-electron chi connectivity index (χ1n) is 5.03. The number of anilines is 1. The Bertz CT molecular complexity index is 386. The van der Waals surface area contributed by atoms with Gasteiger partial charge in [0.2, 0.25) is 0 Å². The summed E-state index contributed by atoms with van der Waals surface area (Å²) >= 11 is 5.78. The van der Waals surface area contributed by atoms with Gasteiger partial charge in [-0.1, -0.05) is 11.6 Å². The van der Waals surface area contributed by atoms with Crippen molar-refractivity contribution >= 4 is 23.2 Å². The molecule has 1 heterocycles. The van der Waals surface area contributed by atoms with Crippen molar-refractivity contribution in [2.75, 3.05) is 18.8 Å². The van der Waals surface area contributed by atoms with E-state index in [0.717, 1.165) is 25.9 Å². The van der Waals surface area contributed by atoms with Crippen LogP contribution in [0.1, 0.15) is 23.2 Å². The maximum atomic E-state index is 12.0. The molecular formula is C11H13ClN2O. The third-order valence-corrected chi connectivity index (χ3v) is 2.87. The number of hydrogen-bond donors (Lipinski definition) is 1. The summed E-state index contributed by atoms with van der Waals surface area (Å²) in [5.74, 6) is 0.0154. The van der Waals surface area contributed by atoms with Crippen molar-refractivity contribution < 1.29 is 4.79 Å². The molecule has 0 saturated carbocycles. The quantitative estimate of drug-likeness (QED) is 0.743. The number of nitrogens with zero attached hydrogens (tertiary/aromatic N) is 1. The minimum absolute atomic E-state index is 0.0154. The fraction of sp³-hybridized carbons (Fsp3) is 0.364. The van der Waals surface area contributed by atoms with Crippen molar-refractivity contribution in [2.45, 2.75) is 12.8 Å². The highest BCUT2D eigenvalue weighted by Crippen LogP contribution is 2.21. The van der Waals surface area contributed by atoms with Crippen LogP contribution in [-0.4, -0.2) is 23.9 Å². The molecule has 0 unspecified atom stereocenters. The lowest BCUT2D eigenvalue weighted by Gasteiger charge is -2.16. The minimum Gasteiger partial charge on any atom is -0.398 e. The number of carbonyl (C=O) groups excluding carboxylic acids is 1. The van der Waals surface area contributed by atoms with Gasteiger partial charge >= 0.3 is 0 Å². The molecule has 0 aliphatic carbocycles. The second-order valence-electron chi connectivity index (χ2n) is 3.73. The van der Waals surface area contributed by atoms with Crippen molar-refractivity contribution in [1.82, 2.24) is 4.90 Å². The fourth-order valence-corrected chi connectivity index (χ4v) is 2.00. The standard InChI is InChI=1S/C11H13ClN2O/c12-8-3-4-9(10(13)7-8)11(15)14-5-1-2-6-14/h3-4,7H,1-2,5-6,13H2. The zero-order valence-electron chi connectivity index (χ0n) is 8.37. The molecule has 4 heteroatoms. The highest BCUT2D eigenvalue weighted by molar-refractivity contribution is 6.31. The molecule has 0 atom stereocenters. The van der Waals surface area contributed by atoms with E-state index in [9.17, 15) is 4.79 Å². The van der Waals surface area contributed by atoms with E-state index in [0.29, 0.717) is 16.3 Å². The Kier molecular flexibility index (Phi) is 2.82. The molecule has 0 aromatic heterocycles. The Morgan fingerprint density at radius 2 is 2.00 bits per heavy atom. The van der Waals surface area contributed by atoms with Gasteiger partial charge in [0, 0.05) is 23.8 Å². The van der Waals surface area contributed by atoms with Crippen LogP contribution >= 0.6 is 11.6 Å². The molecule has 80 valence electrons. The summed E-state index contributed by atoms with van der Waals surface area (Å²) in [4.78, 5) is 13.8. The van der Waals surface area contributed by atoms with Gasteiger partial charge in [-0.15, -0.1) is 0 Å². The third-order valence-electron chi connectivity index (χ3n) is 2.64. The highest BCUT2D eigenvalue weighted by Gasteiger charge is 2.20. The Labute approximate surface area is 93.8 Å². The lowest BCUT2D eigenvalue weighted by atomic mass is 10.1. The summed E-state index contributed by atoms with van der Waals surface area (Å²) in [5, 5.41) is 0.561. The Morgan fingerprint density at radius 1 is 1.33 bits per heavy atom. The molecule has 2 N–H and O–H groups in total. The highest BCUT2D eigenvalue weighted by atomic mass is 35.5. The van der Waals surface area contributed by atoms with Gasteiger partial charge in [0.1, 0.15) is 0 Å². The van der Waals surface area contributed by atoms with Crippen LogP contribution in [0.15, 0.2) is 18.2 Å². The second kappa shape index (κ2) is 4.11. The van der Waals surface area contributed by atoms with E-state index in [1.54, 1.807) is 18.2 Å². The zero-order chi connectivity index (χ0) is 10.8. The molecule has 15 heavy (non-hydrogen) atoms. The monoisotopic (exact) mass is 224 g/mol. The molecule has 1 saturated heterocycles. The molecular weight excluding hydrogens is 212 g/mol. The van der Waals surface area contributed by atoms with Crippen LogP contribution in [0.25, 0.3) is 0 Å². The van der Waals surface area contributed by atoms with E-state index in [-0.39, 0.29) is 5.91 Å². The topological polar surface area (TPSA) is 46.3 Å². The molecule has 0 bridgehead atoms. The average molecular weight is 225 g/mol. The van der Waals surface area contributed by atoms with Crippen LogP contribution < -0.4 is 5.73 Å². The van der Waals surface area contributed by atoms with Crippen LogP contribution in [0.3, 0.4) is 0 Å². The molecule has 2 rings (SSSR count). The zero-order valence-corrected chi connectivity index (χ0v) is 9.13. The van der Waals surface area contributed by atoms with Gasteiger partial charge < -0.3 is 10.6 Å². The number of carbonyl (C=O) groups is 1. The number of hydrogen-bond acceptors (Lipinski definition) is 2. The van der Waals surface area contributed by atoms with Crippen LogP contribution in [0.5, 0.6) is 0 Å². The van der Waals surface area contributed by atoms with Crippen molar-refractivity contribution in [2.24, 2.45) is 0 Å². The third kappa shape index (κ3) is 2.07. The summed E-state index contributed by atoms with van der Waals surface area (Å²) in [6, 6.07) is 5.00. The number of rotatable bonds is 1. The second-order valence-corrected chi connectivity index (χ2v) is 4.17. The maximum absolute atomic E-state index is 12.0. The predicted octanol–water partition coefficient (Wildman–Crippen LogP) is 2.16. The lowest BCUT2D eigenvalue weighted by molar-refractivity contribution is 0.0794. The van der Waals surface area contributed by atoms with Crippen molar-refractivity contribution in [3.63, 3.8) is 0 Å². The number of nitrogen functional groups attached to an aromatic ring is 1. The number of halogens is 1. The van der Waals surface area contributed by atoms with Crippen LogP contribution in [0.2, 0.25) is 5.02 Å². The van der Waals surface area contributed by atoms with Crippen LogP contribution in [-0.2, 0) is 0 Å². The van der Waals surface area contributed by atoms with Crippen molar-refractivity contribution in [3.05, 3.63) is 28.8 Å². The number of benzene rings is 1. The molecule has 1 aliphatic rings. The molecule has 1 aromatic rings. The molecule has 3 nitrogen and oxygen atoms in total. The molecule has 1 fully saturated rings. The first kappa shape index (κ1) is 10.3. The van der Waals surface area contributed by atoms with Gasteiger partial charge in [0.25, 0.3) is 5.91 Å². The van der Waals surface area contributed by atoms with Crippen LogP contribution in [0.4, 0.5) is 5.69 Å². The smallest absolute Gasteiger partial charge is 0.255 e. The van der Waals surface area contributed by atoms with Gasteiger partial charge in [-0.05, 0) is 31.0 Å². The molecule has 1 amide bonds. The van der Waals surface area contributed by atoms with E-state index in [2.05, 4.69) is 0 Å². The van der Waals surface area contributed by atoms with Gasteiger partial charge in [-0.25, -0.2) is 0 Å². The number of likely N-dealkylation sites (tertiary alicyclic amines) is 1. The first-order valence-corrected chi connectivity index (χ1v) is 5.40. The summed E-state index contributed by atoms with van der Waals surface area (Å²) in [7, 11) is 0. The first-order chi connectivity index (χ1) is 7.18. The maximum Gasteiger partial charge on any atom is 0.255 e. The Hall–Kier alpha value is -1.22. The van der Waals surface area contributed by atoms with Crippen molar-refractivity contribution in [3.8, 4) is 0 Å². The van der Waals surface area contributed by atoms with Gasteiger partial charge in [-0.2, -0.15) is 0 Å². The number of amides is 1.